The van der Waals surface area contributed by atoms with E-state index in [0.29, 0.717) is 0 Å². The van der Waals surface area contributed by atoms with Crippen LogP contribution in [0.4, 0.5) is 0 Å². The van der Waals surface area contributed by atoms with Crippen molar-refractivity contribution in [3.8, 4) is 0 Å². The molecule has 0 saturated carbocycles. The number of azide groups is 1. The van der Waals surface area contributed by atoms with E-state index in [4.69, 9.17) is 24.5 Å². The Balaban J connectivity index is 3.44. The summed E-state index contributed by atoms with van der Waals surface area (Å²) in [5.41, 5.74) is 6.19. The van der Waals surface area contributed by atoms with Crippen molar-refractivity contribution < 1.29 is 43.2 Å². The number of aliphatic hydroxyl groups is 1. The van der Waals surface area contributed by atoms with Gasteiger partial charge < -0.3 is 29.4 Å². The van der Waals surface area contributed by atoms with Crippen LogP contribution in [0.1, 0.15) is 27.7 Å². The molecule has 5 atom stereocenters. The van der Waals surface area contributed by atoms with Crippen molar-refractivity contribution in [3.05, 3.63) is 10.4 Å². The number of hydrogen-bond donors (Lipinski definition) is 2. The third-order valence-electron chi connectivity index (χ3n) is 3.36. The Morgan fingerprint density at radius 3 is 2.19 bits per heavy atom. The van der Waals surface area contributed by atoms with Crippen LogP contribution in [0.2, 0.25) is 0 Å². The molecule has 27 heavy (non-hydrogen) atoms. The van der Waals surface area contributed by atoms with Gasteiger partial charge in [-0.25, -0.2) is 0 Å². The Morgan fingerprint density at radius 2 is 1.74 bits per heavy atom. The van der Waals surface area contributed by atoms with Gasteiger partial charge in [0.05, 0.1) is 0 Å². The van der Waals surface area contributed by atoms with E-state index in [2.05, 4.69) is 15.3 Å². The molecule has 0 aliphatic carbocycles. The average Bonchev–Trinajstić information content (AvgIpc) is 2.51. The molecule has 1 fully saturated rings. The van der Waals surface area contributed by atoms with Gasteiger partial charge in [-0.2, -0.15) is 0 Å². The molecule has 0 radical (unpaired) electrons. The summed E-state index contributed by atoms with van der Waals surface area (Å²) in [6.07, 6.45) is -6.28. The molecule has 13 nitrogen and oxygen atoms in total. The van der Waals surface area contributed by atoms with Crippen molar-refractivity contribution in [1.29, 1.82) is 0 Å². The van der Waals surface area contributed by atoms with Crippen LogP contribution in [0.15, 0.2) is 5.11 Å². The SMILES string of the molecule is CC(=O)N[C@]1(O)[C@H](N=[N+]=[N-])O[C@H](COC(C)=O)[C@H](OC(C)=O)[C@@H]1OC(C)=O. The average molecular weight is 388 g/mol. The van der Waals surface area contributed by atoms with Crippen molar-refractivity contribution in [2.75, 3.05) is 6.61 Å². The number of nitrogens with one attached hydrogen (secondary N) is 1. The first-order valence-corrected chi connectivity index (χ1v) is 7.69. The molecule has 150 valence electrons. The maximum atomic E-state index is 11.5. The largest absolute Gasteiger partial charge is 0.463 e. The van der Waals surface area contributed by atoms with E-state index in [1.165, 1.54) is 0 Å². The van der Waals surface area contributed by atoms with E-state index in [-0.39, 0.29) is 0 Å². The van der Waals surface area contributed by atoms with Crippen molar-refractivity contribution in [3.63, 3.8) is 0 Å². The number of carbonyl (C=O) groups is 4. The molecule has 1 saturated heterocycles. The summed E-state index contributed by atoms with van der Waals surface area (Å²) in [6, 6.07) is 0. The molecule has 1 heterocycles. The second-order valence-corrected chi connectivity index (χ2v) is 5.65. The molecule has 0 bridgehead atoms. The van der Waals surface area contributed by atoms with Crippen LogP contribution in [0.3, 0.4) is 0 Å². The van der Waals surface area contributed by atoms with E-state index >= 15 is 0 Å². The summed E-state index contributed by atoms with van der Waals surface area (Å²) in [6.45, 7) is 3.75. The van der Waals surface area contributed by atoms with Crippen LogP contribution in [0.25, 0.3) is 10.4 Å². The van der Waals surface area contributed by atoms with Gasteiger partial charge in [-0.3, -0.25) is 19.2 Å². The lowest BCUT2D eigenvalue weighted by Crippen LogP contribution is -2.74. The molecule has 0 aromatic carbocycles. The molecule has 2 N–H and O–H groups in total. The molecule has 1 rings (SSSR count). The predicted octanol–water partition coefficient (Wildman–Crippen LogP) is -0.727. The minimum absolute atomic E-state index is 0.474. The third kappa shape index (κ3) is 5.81. The van der Waals surface area contributed by atoms with Gasteiger partial charge in [-0.1, -0.05) is 5.11 Å². The number of carbonyl (C=O) groups excluding carboxylic acids is 4. The second kappa shape index (κ2) is 9.16. The Kier molecular flexibility index (Phi) is 7.52. The fraction of sp³-hybridized carbons (Fsp3) is 0.714. The van der Waals surface area contributed by atoms with Crippen molar-refractivity contribution in [1.82, 2.24) is 5.32 Å². The van der Waals surface area contributed by atoms with Crippen LogP contribution < -0.4 is 5.32 Å². The van der Waals surface area contributed by atoms with Crippen LogP contribution >= 0.6 is 0 Å². The second-order valence-electron chi connectivity index (χ2n) is 5.65. The number of rotatable bonds is 6. The molecule has 1 aliphatic heterocycles. The van der Waals surface area contributed by atoms with Crippen LogP contribution in [-0.4, -0.2) is 65.8 Å². The van der Waals surface area contributed by atoms with Crippen molar-refractivity contribution in [2.24, 2.45) is 5.11 Å². The van der Waals surface area contributed by atoms with Crippen LogP contribution in [0, 0.1) is 0 Å². The molecule has 0 unspecified atom stereocenters. The first kappa shape index (κ1) is 22.2. The third-order valence-corrected chi connectivity index (χ3v) is 3.36. The zero-order valence-electron chi connectivity index (χ0n) is 15.1. The van der Waals surface area contributed by atoms with Gasteiger partial charge in [0.15, 0.2) is 18.4 Å². The highest BCUT2D eigenvalue weighted by molar-refractivity contribution is 5.74. The molecule has 1 amide bonds. The number of ether oxygens (including phenoxy) is 4. The first-order chi connectivity index (χ1) is 12.5. The zero-order valence-corrected chi connectivity index (χ0v) is 15.1. The standard InChI is InChI=1S/C14H20N4O9/c1-6(19)16-14(23)12(26-9(4)22)11(25-8(3)21)10(5-24-7(2)20)27-13(14)17-18-15/h10-13,23H,5H2,1-4H3,(H,16,19)/t10-,11+,12+,13-,14-/m1/s1. The van der Waals surface area contributed by atoms with E-state index < -0.39 is 60.7 Å². The number of hydrogen-bond acceptors (Lipinski definition) is 10. The molecule has 13 heteroatoms. The normalized spacial score (nSPS) is 29.7. The monoisotopic (exact) mass is 388 g/mol. The van der Waals surface area contributed by atoms with Gasteiger partial charge in [0.25, 0.3) is 0 Å². The smallest absolute Gasteiger partial charge is 0.303 e. The van der Waals surface area contributed by atoms with Crippen LogP contribution in [-0.2, 0) is 38.1 Å². The summed E-state index contributed by atoms with van der Waals surface area (Å²) >= 11 is 0. The maximum Gasteiger partial charge on any atom is 0.303 e. The molecule has 0 aromatic rings. The van der Waals surface area contributed by atoms with E-state index in [0.717, 1.165) is 27.7 Å². The summed E-state index contributed by atoms with van der Waals surface area (Å²) in [5.74, 6) is -3.20. The Bertz CT molecular complexity index is 663. The topological polar surface area (TPSA) is 186 Å². The highest BCUT2D eigenvalue weighted by atomic mass is 16.6. The molecule has 0 aromatic heterocycles. The number of esters is 3. The van der Waals surface area contributed by atoms with Gasteiger partial charge in [0.2, 0.25) is 11.6 Å². The fourth-order valence-electron chi connectivity index (χ4n) is 2.51. The minimum Gasteiger partial charge on any atom is -0.463 e. The fourth-order valence-corrected chi connectivity index (χ4v) is 2.51. The van der Waals surface area contributed by atoms with Crippen LogP contribution in [0.5, 0.6) is 0 Å². The van der Waals surface area contributed by atoms with Crippen molar-refractivity contribution >= 4 is 23.8 Å². The van der Waals surface area contributed by atoms with Gasteiger partial charge in [-0.15, -0.1) is 0 Å². The highest BCUT2D eigenvalue weighted by Gasteiger charge is 2.60. The number of nitrogens with zero attached hydrogens (tertiary/aromatic N) is 3. The lowest BCUT2D eigenvalue weighted by molar-refractivity contribution is -0.289. The summed E-state index contributed by atoms with van der Waals surface area (Å²) in [5, 5.41) is 16.3. The quantitative estimate of drug-likeness (QED) is 0.148. The van der Waals surface area contributed by atoms with E-state index in [1.807, 2.05) is 0 Å². The molecule has 0 spiro atoms. The summed E-state index contributed by atoms with van der Waals surface area (Å²) in [4.78, 5) is 48.2. The molecular formula is C14H20N4O9. The van der Waals surface area contributed by atoms with E-state index in [1.54, 1.807) is 0 Å². The van der Waals surface area contributed by atoms with Gasteiger partial charge in [0, 0.05) is 32.6 Å². The number of amides is 1. The highest BCUT2D eigenvalue weighted by Crippen LogP contribution is 2.33. The first-order valence-electron chi connectivity index (χ1n) is 7.69. The maximum absolute atomic E-state index is 11.5. The lowest BCUT2D eigenvalue weighted by atomic mass is 9.91. The Morgan fingerprint density at radius 1 is 1.15 bits per heavy atom. The summed E-state index contributed by atoms with van der Waals surface area (Å²) in [7, 11) is 0. The molecule has 1 aliphatic rings. The minimum atomic E-state index is -2.56. The van der Waals surface area contributed by atoms with Gasteiger partial charge in [0.1, 0.15) is 12.7 Å². The predicted molar refractivity (Wildman–Crippen MR) is 84.3 cm³/mol. The van der Waals surface area contributed by atoms with Gasteiger partial charge >= 0.3 is 17.9 Å². The Labute approximate surface area is 153 Å². The van der Waals surface area contributed by atoms with E-state index in [9.17, 15) is 24.3 Å². The molecular weight excluding hydrogens is 368 g/mol. The zero-order chi connectivity index (χ0) is 20.8. The van der Waals surface area contributed by atoms with Gasteiger partial charge in [-0.05, 0) is 5.53 Å². The summed E-state index contributed by atoms with van der Waals surface area (Å²) < 4.78 is 20.3. The Hall–Kier alpha value is -2.89. The van der Waals surface area contributed by atoms with Crippen molar-refractivity contribution in [2.45, 2.75) is 58.0 Å². The lowest BCUT2D eigenvalue weighted by Gasteiger charge is -2.48.